The van der Waals surface area contributed by atoms with Gasteiger partial charge in [0, 0.05) is 35.4 Å². The average Bonchev–Trinajstić information content (AvgIpc) is 3.56. The number of pyridine rings is 1. The Morgan fingerprint density at radius 2 is 1.97 bits per heavy atom. The smallest absolute Gasteiger partial charge is 0.244 e. The van der Waals surface area contributed by atoms with Gasteiger partial charge in [-0.1, -0.05) is 12.5 Å². The average molecular weight is 477 g/mol. The van der Waals surface area contributed by atoms with Crippen molar-refractivity contribution in [1.82, 2.24) is 10.3 Å². The van der Waals surface area contributed by atoms with Crippen LogP contribution in [0.4, 0.5) is 0 Å². The fourth-order valence-electron chi connectivity index (χ4n) is 4.27. The molecule has 0 unspecified atom stereocenters. The van der Waals surface area contributed by atoms with E-state index in [0.717, 1.165) is 5.69 Å². The molecular weight excluding hydrogens is 440 g/mol. The van der Waals surface area contributed by atoms with Crippen molar-refractivity contribution in [2.24, 2.45) is 11.8 Å². The number of nitrogens with zero attached hydrogens (tertiary/aromatic N) is 1. The van der Waals surface area contributed by atoms with Gasteiger partial charge in [-0.25, -0.2) is 0 Å². The zero-order valence-electron chi connectivity index (χ0n) is 20.2. The minimum absolute atomic E-state index is 0.00658. The first kappa shape index (κ1) is 26.4. The number of aryl methyl sites for hydroxylation is 1. The second kappa shape index (κ2) is 11.5. The number of hydrogen-bond acceptors (Lipinski definition) is 8. The largest absolute Gasteiger partial charge is 0.393 e. The summed E-state index contributed by atoms with van der Waals surface area (Å²) >= 11 is 0. The molecule has 1 aromatic rings. The molecule has 3 heterocycles. The van der Waals surface area contributed by atoms with Gasteiger partial charge in [0.05, 0.1) is 43.7 Å². The second-order valence-corrected chi connectivity index (χ2v) is 9.61. The van der Waals surface area contributed by atoms with Crippen molar-refractivity contribution in [3.8, 4) is 0 Å². The monoisotopic (exact) mass is 476 g/mol. The van der Waals surface area contributed by atoms with Gasteiger partial charge in [-0.2, -0.15) is 0 Å². The van der Waals surface area contributed by atoms with Crippen LogP contribution in [0, 0.1) is 18.8 Å². The summed E-state index contributed by atoms with van der Waals surface area (Å²) in [5.41, 5.74) is 1.89. The molecule has 4 N–H and O–H groups in total. The highest BCUT2D eigenvalue weighted by Crippen LogP contribution is 2.38. The number of aliphatic hydroxyl groups is 3. The summed E-state index contributed by atoms with van der Waals surface area (Å²) in [5.74, 6) is -0.917. The number of carbonyl (C=O) groups excluding carboxylic acids is 2. The molecule has 1 amide bonds. The third-order valence-corrected chi connectivity index (χ3v) is 6.73. The Balaban J connectivity index is 1.43. The predicted molar refractivity (Wildman–Crippen MR) is 124 cm³/mol. The summed E-state index contributed by atoms with van der Waals surface area (Å²) < 4.78 is 11.5. The van der Waals surface area contributed by atoms with Crippen LogP contribution < -0.4 is 5.32 Å². The lowest BCUT2D eigenvalue weighted by Gasteiger charge is -2.38. The fraction of sp³-hybridized carbons (Fsp3) is 0.640. The Bertz CT molecular complexity index is 886. The molecule has 0 radical (unpaired) electrons. The maximum absolute atomic E-state index is 12.2. The van der Waals surface area contributed by atoms with Gasteiger partial charge in [0.2, 0.25) is 5.91 Å². The summed E-state index contributed by atoms with van der Waals surface area (Å²) in [6.07, 6.45) is 0.416. The molecule has 8 atom stereocenters. The van der Waals surface area contributed by atoms with Crippen molar-refractivity contribution >= 4 is 11.7 Å². The summed E-state index contributed by atoms with van der Waals surface area (Å²) in [7, 11) is 0. The highest BCUT2D eigenvalue weighted by Gasteiger charge is 2.48. The number of hydrogen-bond donors (Lipinski definition) is 4. The number of amides is 1. The van der Waals surface area contributed by atoms with E-state index in [1.165, 1.54) is 12.3 Å². The summed E-state index contributed by atoms with van der Waals surface area (Å²) in [6.45, 7) is 7.35. The fourth-order valence-corrected chi connectivity index (χ4v) is 4.27. The molecule has 2 saturated heterocycles. The SMILES string of the molecule is C/C(=C\C(=O)NCC(=O)c1ccc(C)nc1)C[C@@H]1OC[C@H](C[C@@H]2O[C@H]2[C@@H](C)[C@H](C)O)[C@@H](O)[C@H]1O. The van der Waals surface area contributed by atoms with Gasteiger partial charge in [-0.3, -0.25) is 14.6 Å². The quantitative estimate of drug-likeness (QED) is 0.222. The van der Waals surface area contributed by atoms with E-state index in [4.69, 9.17) is 9.47 Å². The lowest BCUT2D eigenvalue weighted by atomic mass is 9.85. The Morgan fingerprint density at radius 1 is 1.24 bits per heavy atom. The predicted octanol–water partition coefficient (Wildman–Crippen LogP) is 0.937. The molecular formula is C25H36N2O7. The Labute approximate surface area is 200 Å². The highest BCUT2D eigenvalue weighted by atomic mass is 16.6. The van der Waals surface area contributed by atoms with E-state index in [9.17, 15) is 24.9 Å². The molecule has 0 spiro atoms. The van der Waals surface area contributed by atoms with Crippen molar-refractivity contribution in [3.05, 3.63) is 41.2 Å². The first-order valence-corrected chi connectivity index (χ1v) is 11.8. The number of rotatable bonds is 10. The number of aromatic nitrogens is 1. The highest BCUT2D eigenvalue weighted by molar-refractivity contribution is 6.00. The van der Waals surface area contributed by atoms with Crippen LogP contribution in [-0.4, -0.2) is 81.8 Å². The van der Waals surface area contributed by atoms with Crippen molar-refractivity contribution in [3.63, 3.8) is 0 Å². The van der Waals surface area contributed by atoms with Crippen molar-refractivity contribution < 1.29 is 34.4 Å². The number of nitrogens with one attached hydrogen (secondary N) is 1. The first-order chi connectivity index (χ1) is 16.1. The molecule has 2 aliphatic rings. The van der Waals surface area contributed by atoms with Crippen LogP contribution >= 0.6 is 0 Å². The molecule has 2 aliphatic heterocycles. The number of carbonyl (C=O) groups is 2. The van der Waals surface area contributed by atoms with E-state index in [0.29, 0.717) is 17.6 Å². The van der Waals surface area contributed by atoms with Crippen LogP contribution in [0.5, 0.6) is 0 Å². The minimum atomic E-state index is -1.09. The minimum Gasteiger partial charge on any atom is -0.393 e. The number of Topliss-reactive ketones (excluding diaryl/α,β-unsaturated/α-hetero) is 1. The van der Waals surface area contributed by atoms with E-state index in [2.05, 4.69) is 10.3 Å². The lowest BCUT2D eigenvalue weighted by Crippen LogP contribution is -2.50. The van der Waals surface area contributed by atoms with E-state index in [-0.39, 0.29) is 49.4 Å². The zero-order valence-corrected chi connectivity index (χ0v) is 20.2. The molecule has 0 aliphatic carbocycles. The van der Waals surface area contributed by atoms with Gasteiger partial charge in [0.25, 0.3) is 0 Å². The van der Waals surface area contributed by atoms with Crippen molar-refractivity contribution in [1.29, 1.82) is 0 Å². The molecule has 0 saturated carbocycles. The Kier molecular flexibility index (Phi) is 8.95. The van der Waals surface area contributed by atoms with E-state index < -0.39 is 30.3 Å². The van der Waals surface area contributed by atoms with Crippen molar-refractivity contribution in [2.75, 3.05) is 13.2 Å². The van der Waals surface area contributed by atoms with E-state index >= 15 is 0 Å². The van der Waals surface area contributed by atoms with Crippen LogP contribution in [0.15, 0.2) is 30.0 Å². The standard InChI is InChI=1S/C25H36N2O7/c1-13(8-22(30)27-11-19(29)17-6-5-14(2)26-10-17)7-20-24(32)23(31)18(12-33-20)9-21-25(34-21)15(3)16(4)28/h5-6,8,10,15-16,18,20-21,23-25,28,31-32H,7,9,11-12H2,1-4H3,(H,27,30)/b13-8+/t15-,16-,18-,20-,21-,23+,24-,25-/m0/s1. The Morgan fingerprint density at radius 3 is 2.62 bits per heavy atom. The van der Waals surface area contributed by atoms with Crippen LogP contribution in [0.25, 0.3) is 0 Å². The van der Waals surface area contributed by atoms with Gasteiger partial charge in [-0.15, -0.1) is 0 Å². The molecule has 9 heteroatoms. The third kappa shape index (κ3) is 6.93. The Hall–Kier alpha value is -2.17. The summed E-state index contributed by atoms with van der Waals surface area (Å²) in [4.78, 5) is 28.4. The second-order valence-electron chi connectivity index (χ2n) is 9.61. The maximum atomic E-state index is 12.2. The third-order valence-electron chi connectivity index (χ3n) is 6.73. The van der Waals surface area contributed by atoms with Gasteiger partial charge >= 0.3 is 0 Å². The molecule has 188 valence electrons. The molecule has 9 nitrogen and oxygen atoms in total. The van der Waals surface area contributed by atoms with Crippen LogP contribution in [-0.2, 0) is 14.3 Å². The van der Waals surface area contributed by atoms with Crippen LogP contribution in [0.2, 0.25) is 0 Å². The van der Waals surface area contributed by atoms with Gasteiger partial charge in [0.1, 0.15) is 6.10 Å². The van der Waals surface area contributed by atoms with Crippen LogP contribution in [0.1, 0.15) is 49.7 Å². The summed E-state index contributed by atoms with van der Waals surface area (Å²) in [5, 5.41) is 33.5. The molecule has 1 aromatic heterocycles. The first-order valence-electron chi connectivity index (χ1n) is 11.8. The molecule has 0 bridgehead atoms. The summed E-state index contributed by atoms with van der Waals surface area (Å²) in [6, 6.07) is 3.40. The van der Waals surface area contributed by atoms with E-state index in [1.54, 1.807) is 26.0 Å². The molecule has 3 rings (SSSR count). The number of aliphatic hydroxyl groups excluding tert-OH is 3. The van der Waals surface area contributed by atoms with Gasteiger partial charge in [-0.05, 0) is 45.7 Å². The van der Waals surface area contributed by atoms with Gasteiger partial charge < -0.3 is 30.1 Å². The van der Waals surface area contributed by atoms with Crippen LogP contribution in [0.3, 0.4) is 0 Å². The molecule has 0 aromatic carbocycles. The number of epoxide rings is 1. The van der Waals surface area contributed by atoms with E-state index in [1.807, 2.05) is 13.8 Å². The normalized spacial score (nSPS) is 31.0. The van der Waals surface area contributed by atoms with Crippen molar-refractivity contribution in [2.45, 2.75) is 77.2 Å². The number of ether oxygens (including phenoxy) is 2. The number of ketones is 1. The molecule has 2 fully saturated rings. The van der Waals surface area contributed by atoms with Gasteiger partial charge in [0.15, 0.2) is 5.78 Å². The topological polar surface area (TPSA) is 142 Å². The zero-order chi connectivity index (χ0) is 25.0. The lowest BCUT2D eigenvalue weighted by molar-refractivity contribution is -0.165. The molecule has 34 heavy (non-hydrogen) atoms. The maximum Gasteiger partial charge on any atom is 0.244 e.